The first-order chi connectivity index (χ1) is 23.1. The van der Waals surface area contributed by atoms with Crippen LogP contribution in [-0.2, 0) is 16.1 Å². The second-order valence-electron chi connectivity index (χ2n) is 11.3. The maximum absolute atomic E-state index is 12.4. The van der Waals surface area contributed by atoms with Gasteiger partial charge in [0.2, 0.25) is 0 Å². The van der Waals surface area contributed by atoms with Gasteiger partial charge < -0.3 is 35.0 Å². The Hall–Kier alpha value is -5.26. The average Bonchev–Trinajstić information content (AvgIpc) is 3.85. The van der Waals surface area contributed by atoms with Crippen molar-refractivity contribution in [3.63, 3.8) is 0 Å². The van der Waals surface area contributed by atoms with Gasteiger partial charge in [0.1, 0.15) is 6.61 Å². The fourth-order valence-corrected chi connectivity index (χ4v) is 5.64. The van der Waals surface area contributed by atoms with Crippen molar-refractivity contribution >= 4 is 12.6 Å². The van der Waals surface area contributed by atoms with Crippen molar-refractivity contribution in [1.29, 1.82) is 0 Å². The van der Waals surface area contributed by atoms with Gasteiger partial charge in [0.25, 0.3) is 6.47 Å². The third-order valence-electron chi connectivity index (χ3n) is 8.04. The fourth-order valence-electron chi connectivity index (χ4n) is 5.64. The van der Waals surface area contributed by atoms with E-state index in [1.807, 2.05) is 97.2 Å². The van der Waals surface area contributed by atoms with Crippen molar-refractivity contribution in [2.45, 2.75) is 44.1 Å². The van der Waals surface area contributed by atoms with Gasteiger partial charge in [-0.25, -0.2) is 14.8 Å². The molecule has 5 aromatic rings. The predicted molar refractivity (Wildman–Crippen MR) is 183 cm³/mol. The lowest BCUT2D eigenvalue weighted by atomic mass is 9.98. The number of oxazole rings is 2. The summed E-state index contributed by atoms with van der Waals surface area (Å²) in [4.78, 5) is 31.4. The van der Waals surface area contributed by atoms with Gasteiger partial charge in [0, 0.05) is 36.7 Å². The number of benzene rings is 3. The van der Waals surface area contributed by atoms with E-state index in [0.717, 1.165) is 60.0 Å². The van der Waals surface area contributed by atoms with E-state index in [2.05, 4.69) is 15.3 Å². The smallest absolute Gasteiger partial charge is 0.410 e. The van der Waals surface area contributed by atoms with Crippen LogP contribution in [0.25, 0.3) is 22.6 Å². The zero-order valence-electron chi connectivity index (χ0n) is 26.9. The lowest BCUT2D eigenvalue weighted by molar-refractivity contribution is -0.122. The number of hydrogen-bond acceptors (Lipinski definition) is 9. The summed E-state index contributed by atoms with van der Waals surface area (Å²) in [5.74, 6) is 3.72. The van der Waals surface area contributed by atoms with Gasteiger partial charge in [-0.2, -0.15) is 0 Å². The zero-order chi connectivity index (χ0) is 32.7. The van der Waals surface area contributed by atoms with Gasteiger partial charge in [-0.3, -0.25) is 4.79 Å². The number of ether oxygens (including phenoxy) is 1. The summed E-state index contributed by atoms with van der Waals surface area (Å²) in [6.45, 7) is 3.41. The van der Waals surface area contributed by atoms with Crippen molar-refractivity contribution in [3.05, 3.63) is 121 Å². The Labute approximate surface area is 280 Å². The number of carbonyl (C=O) groups is 2. The second-order valence-corrected chi connectivity index (χ2v) is 11.3. The highest BCUT2D eigenvalue weighted by atomic mass is 16.6. The molecular formula is C37H43N5O6. The molecule has 0 bridgehead atoms. The minimum absolute atomic E-state index is 0. The van der Waals surface area contributed by atoms with Gasteiger partial charge >= 0.3 is 6.09 Å². The van der Waals surface area contributed by atoms with E-state index < -0.39 is 0 Å². The predicted octanol–water partition coefficient (Wildman–Crippen LogP) is 7.53. The largest absolute Gasteiger partial charge is 0.483 e. The van der Waals surface area contributed by atoms with E-state index in [-0.39, 0.29) is 31.2 Å². The van der Waals surface area contributed by atoms with Gasteiger partial charge in [0.15, 0.2) is 23.3 Å². The first kappa shape index (κ1) is 35.6. The van der Waals surface area contributed by atoms with Crippen molar-refractivity contribution < 1.29 is 28.3 Å². The highest BCUT2D eigenvalue weighted by molar-refractivity contribution is 5.68. The third-order valence-corrected chi connectivity index (χ3v) is 8.04. The Kier molecular flexibility index (Phi) is 13.9. The molecular weight excluding hydrogens is 610 g/mol. The van der Waals surface area contributed by atoms with Gasteiger partial charge in [-0.15, -0.1) is 0 Å². The van der Waals surface area contributed by atoms with Gasteiger partial charge in [0.05, 0.1) is 18.3 Å². The van der Waals surface area contributed by atoms with E-state index in [9.17, 15) is 4.79 Å². The molecule has 5 N–H and O–H groups in total. The van der Waals surface area contributed by atoms with Crippen molar-refractivity contribution in [2.24, 2.45) is 0 Å². The van der Waals surface area contributed by atoms with Gasteiger partial charge in [-0.1, -0.05) is 91.0 Å². The van der Waals surface area contributed by atoms with Gasteiger partial charge in [-0.05, 0) is 37.8 Å². The number of carboxylic acid groups (broad SMARTS) is 1. The molecule has 0 aliphatic carbocycles. The Morgan fingerprint density at radius 3 is 1.90 bits per heavy atom. The molecule has 11 nitrogen and oxygen atoms in total. The molecule has 2 fully saturated rings. The van der Waals surface area contributed by atoms with Crippen LogP contribution in [0.15, 0.2) is 112 Å². The monoisotopic (exact) mass is 653 g/mol. The summed E-state index contributed by atoms with van der Waals surface area (Å²) in [5.41, 5.74) is 3.08. The minimum Gasteiger partial charge on any atom is -0.483 e. The molecule has 2 saturated heterocycles. The molecule has 252 valence electrons. The number of nitrogens with one attached hydrogen (secondary N) is 1. The number of nitrogens with zero attached hydrogens (tertiary/aromatic N) is 3. The van der Waals surface area contributed by atoms with Crippen LogP contribution in [0.1, 0.15) is 54.9 Å². The molecule has 2 aliphatic rings. The summed E-state index contributed by atoms with van der Waals surface area (Å²) in [6.07, 6.45) is 7.55. The summed E-state index contributed by atoms with van der Waals surface area (Å²) < 4.78 is 17.3. The van der Waals surface area contributed by atoms with E-state index in [1.165, 1.54) is 12.8 Å². The summed E-state index contributed by atoms with van der Waals surface area (Å²) >= 11 is 0. The van der Waals surface area contributed by atoms with Crippen molar-refractivity contribution in [3.8, 4) is 22.6 Å². The second kappa shape index (κ2) is 18.8. The molecule has 0 radical (unpaired) electrons. The molecule has 3 aromatic carbocycles. The maximum Gasteiger partial charge on any atom is 0.410 e. The SMILES string of the molecule is N.O=C(OCc1ccccc1)N1CCCC(c2ncc(-c3ccccc3)o2)C1.O=CO.c1ccc(-c2cnc(C3CCCNC3)o2)cc1. The zero-order valence-corrected chi connectivity index (χ0v) is 26.9. The number of carbonyl (C=O) groups excluding carboxylic acids is 1. The van der Waals surface area contributed by atoms with E-state index in [4.69, 9.17) is 23.5 Å². The van der Waals surface area contributed by atoms with Crippen LogP contribution in [0.2, 0.25) is 0 Å². The molecule has 0 saturated carbocycles. The normalized spacial score (nSPS) is 17.0. The Balaban J connectivity index is 0.000000213. The lowest BCUT2D eigenvalue weighted by Crippen LogP contribution is -2.39. The fraction of sp³-hybridized carbons (Fsp3) is 0.297. The Bertz CT molecular complexity index is 1640. The highest BCUT2D eigenvalue weighted by Gasteiger charge is 2.29. The highest BCUT2D eigenvalue weighted by Crippen LogP contribution is 2.30. The standard InChI is InChI=1S/C22H22N2O3.C14H16N2O.CH2O2.H3N/c25-22(26-16-17-8-3-1-4-9-17)24-13-7-12-19(15-24)21-23-14-20(27-21)18-10-5-2-6-11-18;1-2-5-11(6-3-1)13-10-16-14(17-13)12-7-4-8-15-9-12;2-1-3;/h1-6,8-11,14,19H,7,12-13,15-16H2;1-3,5-6,10,12,15H,4,7-9H2;1H,(H,2,3);1H3. The molecule has 4 heterocycles. The number of amides is 1. The van der Waals surface area contributed by atoms with Crippen molar-refractivity contribution in [2.75, 3.05) is 26.2 Å². The molecule has 2 aromatic heterocycles. The molecule has 7 rings (SSSR count). The van der Waals surface area contributed by atoms with Crippen molar-refractivity contribution in [1.82, 2.24) is 26.3 Å². The molecule has 2 aliphatic heterocycles. The quantitative estimate of drug-likeness (QED) is 0.156. The Morgan fingerprint density at radius 1 is 0.833 bits per heavy atom. The van der Waals surface area contributed by atoms with Crippen LogP contribution in [0.5, 0.6) is 0 Å². The lowest BCUT2D eigenvalue weighted by Gasteiger charge is -2.30. The summed E-state index contributed by atoms with van der Waals surface area (Å²) in [5, 5.41) is 10.3. The maximum atomic E-state index is 12.4. The molecule has 11 heteroatoms. The molecule has 1 amide bonds. The first-order valence-corrected chi connectivity index (χ1v) is 15.9. The Morgan fingerprint density at radius 2 is 1.35 bits per heavy atom. The number of rotatable bonds is 6. The number of hydrogen-bond donors (Lipinski definition) is 3. The molecule has 48 heavy (non-hydrogen) atoms. The molecule has 0 spiro atoms. The topological polar surface area (TPSA) is 166 Å². The van der Waals surface area contributed by atoms with Crippen LogP contribution in [0.4, 0.5) is 4.79 Å². The number of piperidine rings is 2. The average molecular weight is 654 g/mol. The van der Waals surface area contributed by atoms with Crippen LogP contribution in [-0.4, -0.2) is 58.7 Å². The van der Waals surface area contributed by atoms with E-state index in [0.29, 0.717) is 24.9 Å². The van der Waals surface area contributed by atoms with Crippen LogP contribution < -0.4 is 11.5 Å². The summed E-state index contributed by atoms with van der Waals surface area (Å²) in [7, 11) is 0. The summed E-state index contributed by atoms with van der Waals surface area (Å²) in [6, 6.07) is 29.8. The van der Waals surface area contributed by atoms with Crippen LogP contribution in [0, 0.1) is 0 Å². The molecule has 2 unspecified atom stereocenters. The minimum atomic E-state index is -0.279. The van der Waals surface area contributed by atoms with E-state index >= 15 is 0 Å². The number of likely N-dealkylation sites (tertiary alicyclic amines) is 1. The van der Waals surface area contributed by atoms with E-state index in [1.54, 1.807) is 11.1 Å². The molecule has 2 atom stereocenters. The third kappa shape index (κ3) is 10.1. The van der Waals surface area contributed by atoms with Crippen LogP contribution >= 0.6 is 0 Å². The first-order valence-electron chi connectivity index (χ1n) is 15.9. The number of aromatic nitrogens is 2. The van der Waals surface area contributed by atoms with Crippen LogP contribution in [0.3, 0.4) is 0 Å².